The normalized spacial score (nSPS) is 13.6. The number of hydrogen-bond donors (Lipinski definition) is 1. The molecule has 1 atom stereocenters. The number of hydrogen-bond acceptors (Lipinski definition) is 1. The molecule has 0 radical (unpaired) electrons. The van der Waals surface area contributed by atoms with Crippen LogP contribution < -0.4 is 0 Å². The highest BCUT2D eigenvalue weighted by molar-refractivity contribution is 14.1. The number of halogens is 1. The lowest BCUT2D eigenvalue weighted by Crippen LogP contribution is -2.26. The Hall–Kier alpha value is -0.550. The summed E-state index contributed by atoms with van der Waals surface area (Å²) in [5.41, 5.74) is 2.65. The molecule has 0 aliphatic heterocycles. The Morgan fingerprint density at radius 3 is 2.81 bits per heavy atom. The average Bonchev–Trinajstić information content (AvgIpc) is 2.60. The third kappa shape index (κ3) is 2.40. The van der Waals surface area contributed by atoms with Gasteiger partial charge in [0.25, 0.3) is 0 Å². The molecule has 2 rings (SSSR count). The fraction of sp³-hybridized carbons (Fsp3) is 0.385. The molecule has 0 amide bonds. The van der Waals surface area contributed by atoms with E-state index in [9.17, 15) is 0 Å². The molecule has 1 aromatic heterocycles. The van der Waals surface area contributed by atoms with E-state index in [1.165, 1.54) is 20.0 Å². The molecule has 0 aliphatic rings. The quantitative estimate of drug-likeness (QED) is 0.857. The third-order valence-corrected chi connectivity index (χ3v) is 3.80. The van der Waals surface area contributed by atoms with Gasteiger partial charge in [-0.2, -0.15) is 0 Å². The van der Waals surface area contributed by atoms with Crippen LogP contribution in [-0.4, -0.2) is 30.0 Å². The number of benzene rings is 1. The van der Waals surface area contributed by atoms with E-state index >= 15 is 0 Å². The van der Waals surface area contributed by atoms with Gasteiger partial charge >= 0.3 is 0 Å². The zero-order valence-corrected chi connectivity index (χ0v) is 12.1. The molecule has 0 saturated heterocycles. The Bertz CT molecular complexity index is 488. The zero-order chi connectivity index (χ0) is 11.7. The lowest BCUT2D eigenvalue weighted by molar-refractivity contribution is 0.313. The lowest BCUT2D eigenvalue weighted by Gasteiger charge is -2.19. The van der Waals surface area contributed by atoms with Gasteiger partial charge in [0.15, 0.2) is 0 Å². The first kappa shape index (κ1) is 11.9. The van der Waals surface area contributed by atoms with Crippen LogP contribution in [0.3, 0.4) is 0 Å². The summed E-state index contributed by atoms with van der Waals surface area (Å²) in [7, 11) is 4.25. The largest absolute Gasteiger partial charge is 0.361 e. The van der Waals surface area contributed by atoms with Crippen molar-refractivity contribution in [2.45, 2.75) is 19.4 Å². The van der Waals surface area contributed by atoms with E-state index in [1.807, 2.05) is 0 Å². The highest BCUT2D eigenvalue weighted by Gasteiger charge is 2.09. The van der Waals surface area contributed by atoms with Gasteiger partial charge in [-0.25, -0.2) is 0 Å². The summed E-state index contributed by atoms with van der Waals surface area (Å²) < 4.78 is 1.28. The molecule has 1 N–H and O–H groups in total. The fourth-order valence-corrected chi connectivity index (χ4v) is 2.32. The third-order valence-electron chi connectivity index (χ3n) is 3.13. The summed E-state index contributed by atoms with van der Waals surface area (Å²) in [5.74, 6) is 0. The molecule has 0 aliphatic carbocycles. The molecular formula is C13H17IN2. The number of aromatic nitrogens is 1. The topological polar surface area (TPSA) is 19.0 Å². The van der Waals surface area contributed by atoms with Crippen LogP contribution in [0.5, 0.6) is 0 Å². The van der Waals surface area contributed by atoms with Gasteiger partial charge in [0.2, 0.25) is 0 Å². The highest BCUT2D eigenvalue weighted by atomic mass is 127. The zero-order valence-electron chi connectivity index (χ0n) is 9.92. The minimum Gasteiger partial charge on any atom is -0.361 e. The second kappa shape index (κ2) is 4.75. The van der Waals surface area contributed by atoms with Crippen molar-refractivity contribution in [1.29, 1.82) is 0 Å². The van der Waals surface area contributed by atoms with Crippen molar-refractivity contribution in [3.8, 4) is 0 Å². The first-order chi connectivity index (χ1) is 7.58. The fourth-order valence-electron chi connectivity index (χ4n) is 1.83. The predicted molar refractivity (Wildman–Crippen MR) is 77.9 cm³/mol. The van der Waals surface area contributed by atoms with Crippen molar-refractivity contribution < 1.29 is 0 Å². The smallest absolute Gasteiger partial charge is 0.0467 e. The summed E-state index contributed by atoms with van der Waals surface area (Å²) in [4.78, 5) is 5.61. The van der Waals surface area contributed by atoms with E-state index in [0.717, 1.165) is 6.42 Å². The van der Waals surface area contributed by atoms with Crippen molar-refractivity contribution >= 4 is 33.5 Å². The van der Waals surface area contributed by atoms with E-state index in [0.29, 0.717) is 6.04 Å². The van der Waals surface area contributed by atoms with Crippen molar-refractivity contribution in [2.75, 3.05) is 14.1 Å². The highest BCUT2D eigenvalue weighted by Crippen LogP contribution is 2.22. The summed E-state index contributed by atoms with van der Waals surface area (Å²) in [6.07, 6.45) is 3.23. The van der Waals surface area contributed by atoms with Gasteiger partial charge in [-0.3, -0.25) is 0 Å². The van der Waals surface area contributed by atoms with Crippen LogP contribution >= 0.6 is 22.6 Å². The van der Waals surface area contributed by atoms with Crippen LogP contribution in [0.4, 0.5) is 0 Å². The monoisotopic (exact) mass is 328 g/mol. The molecular weight excluding hydrogens is 311 g/mol. The number of fused-ring (bicyclic) bond motifs is 1. The molecule has 86 valence electrons. The van der Waals surface area contributed by atoms with E-state index in [1.54, 1.807) is 0 Å². The maximum Gasteiger partial charge on any atom is 0.0467 e. The molecule has 0 unspecified atom stereocenters. The SMILES string of the molecule is C[C@H](Cc1c[nH]c2cc(I)ccc12)N(C)C. The summed E-state index contributed by atoms with van der Waals surface area (Å²) in [6, 6.07) is 7.14. The van der Waals surface area contributed by atoms with Crippen molar-refractivity contribution in [1.82, 2.24) is 9.88 Å². The van der Waals surface area contributed by atoms with Gasteiger partial charge in [0.1, 0.15) is 0 Å². The number of rotatable bonds is 3. The Morgan fingerprint density at radius 1 is 1.38 bits per heavy atom. The molecule has 0 saturated carbocycles. The molecule has 2 aromatic rings. The van der Waals surface area contributed by atoms with Crippen LogP contribution in [-0.2, 0) is 6.42 Å². The lowest BCUT2D eigenvalue weighted by atomic mass is 10.1. The molecule has 0 bridgehead atoms. The number of likely N-dealkylation sites (N-methyl/N-ethyl adjacent to an activating group) is 1. The Morgan fingerprint density at radius 2 is 2.12 bits per heavy atom. The molecule has 0 spiro atoms. The average molecular weight is 328 g/mol. The predicted octanol–water partition coefficient (Wildman–Crippen LogP) is 3.27. The number of H-pyrrole nitrogens is 1. The Balaban J connectivity index is 2.32. The van der Waals surface area contributed by atoms with E-state index in [4.69, 9.17) is 0 Å². The van der Waals surface area contributed by atoms with Gasteiger partial charge in [0.05, 0.1) is 0 Å². The van der Waals surface area contributed by atoms with Gasteiger partial charge in [-0.1, -0.05) is 6.07 Å². The summed E-state index contributed by atoms with van der Waals surface area (Å²) >= 11 is 2.35. The summed E-state index contributed by atoms with van der Waals surface area (Å²) in [6.45, 7) is 2.26. The van der Waals surface area contributed by atoms with E-state index in [-0.39, 0.29) is 0 Å². The van der Waals surface area contributed by atoms with Gasteiger partial charge in [-0.15, -0.1) is 0 Å². The first-order valence-electron chi connectivity index (χ1n) is 5.50. The Kier molecular flexibility index (Phi) is 3.54. The van der Waals surface area contributed by atoms with Crippen LogP contribution in [0, 0.1) is 3.57 Å². The molecule has 1 aromatic carbocycles. The minimum absolute atomic E-state index is 0.568. The van der Waals surface area contributed by atoms with Crippen molar-refractivity contribution in [2.24, 2.45) is 0 Å². The van der Waals surface area contributed by atoms with Crippen molar-refractivity contribution in [3.63, 3.8) is 0 Å². The molecule has 16 heavy (non-hydrogen) atoms. The minimum atomic E-state index is 0.568. The van der Waals surface area contributed by atoms with E-state index < -0.39 is 0 Å². The standard InChI is InChI=1S/C13H17IN2/c1-9(16(2)3)6-10-8-15-13-7-11(14)4-5-12(10)13/h4-5,7-9,15H,6H2,1-3H3/t9-/m1/s1. The van der Waals surface area contributed by atoms with Crippen LogP contribution in [0.1, 0.15) is 12.5 Å². The maximum atomic E-state index is 3.35. The van der Waals surface area contributed by atoms with Gasteiger partial charge in [-0.05, 0) is 67.7 Å². The van der Waals surface area contributed by atoms with Gasteiger partial charge < -0.3 is 9.88 Å². The summed E-state index contributed by atoms with van der Waals surface area (Å²) in [5, 5.41) is 1.36. The molecule has 3 heteroatoms. The van der Waals surface area contributed by atoms with E-state index in [2.05, 4.69) is 77.9 Å². The second-order valence-electron chi connectivity index (χ2n) is 4.52. The number of nitrogens with zero attached hydrogens (tertiary/aromatic N) is 1. The Labute approximate surface area is 110 Å². The second-order valence-corrected chi connectivity index (χ2v) is 5.77. The van der Waals surface area contributed by atoms with Crippen LogP contribution in [0.25, 0.3) is 10.9 Å². The maximum absolute atomic E-state index is 3.35. The van der Waals surface area contributed by atoms with Crippen LogP contribution in [0.2, 0.25) is 0 Å². The molecule has 0 fully saturated rings. The molecule has 2 nitrogen and oxygen atoms in total. The first-order valence-corrected chi connectivity index (χ1v) is 6.57. The van der Waals surface area contributed by atoms with Crippen LogP contribution in [0.15, 0.2) is 24.4 Å². The molecule has 1 heterocycles. The number of nitrogens with one attached hydrogen (secondary N) is 1. The van der Waals surface area contributed by atoms with Gasteiger partial charge in [0, 0.05) is 26.7 Å². The van der Waals surface area contributed by atoms with Crippen molar-refractivity contribution in [3.05, 3.63) is 33.5 Å². The number of aromatic amines is 1.